The Morgan fingerprint density at radius 1 is 0.935 bits per heavy atom. The van der Waals surface area contributed by atoms with Gasteiger partial charge >= 0.3 is 11.9 Å². The SMILES string of the molecule is Cc1ccc(C[C@@H](N)[C@@H](C(=O)O)C(=O)OCC2c3ccccc3-c3ccccc32)cc1. The number of carbonyl (C=O) groups is 2. The molecule has 5 heteroatoms. The Labute approximate surface area is 181 Å². The summed E-state index contributed by atoms with van der Waals surface area (Å²) in [5, 5.41) is 9.66. The fourth-order valence-electron chi connectivity index (χ4n) is 4.27. The van der Waals surface area contributed by atoms with E-state index in [-0.39, 0.29) is 18.9 Å². The fourth-order valence-corrected chi connectivity index (χ4v) is 4.27. The van der Waals surface area contributed by atoms with Crippen LogP contribution < -0.4 is 5.73 Å². The first kappa shape index (κ1) is 20.8. The zero-order valence-corrected chi connectivity index (χ0v) is 17.3. The maximum Gasteiger partial charge on any atom is 0.321 e. The number of carboxylic acids is 1. The molecule has 158 valence electrons. The summed E-state index contributed by atoms with van der Waals surface area (Å²) in [5.41, 5.74) is 12.5. The van der Waals surface area contributed by atoms with Gasteiger partial charge in [-0.2, -0.15) is 0 Å². The van der Waals surface area contributed by atoms with E-state index < -0.39 is 23.9 Å². The lowest BCUT2D eigenvalue weighted by Gasteiger charge is -2.21. The van der Waals surface area contributed by atoms with Crippen LogP contribution in [0.15, 0.2) is 72.8 Å². The maximum atomic E-state index is 12.8. The second kappa shape index (κ2) is 8.74. The van der Waals surface area contributed by atoms with Gasteiger partial charge in [-0.25, -0.2) is 0 Å². The van der Waals surface area contributed by atoms with Crippen LogP contribution in [0.2, 0.25) is 0 Å². The van der Waals surface area contributed by atoms with Crippen LogP contribution >= 0.6 is 0 Å². The zero-order chi connectivity index (χ0) is 22.0. The van der Waals surface area contributed by atoms with E-state index in [0.29, 0.717) is 0 Å². The minimum atomic E-state index is -1.42. The van der Waals surface area contributed by atoms with Crippen molar-refractivity contribution >= 4 is 11.9 Å². The number of hydrogen-bond donors (Lipinski definition) is 2. The highest BCUT2D eigenvalue weighted by Gasteiger charge is 2.36. The van der Waals surface area contributed by atoms with Crippen molar-refractivity contribution in [2.75, 3.05) is 6.61 Å². The van der Waals surface area contributed by atoms with Gasteiger partial charge in [0.15, 0.2) is 5.92 Å². The molecule has 0 heterocycles. The van der Waals surface area contributed by atoms with Gasteiger partial charge in [0.2, 0.25) is 0 Å². The molecule has 1 aliphatic rings. The molecule has 0 aromatic heterocycles. The van der Waals surface area contributed by atoms with Gasteiger partial charge in [-0.3, -0.25) is 9.59 Å². The highest BCUT2D eigenvalue weighted by Crippen LogP contribution is 2.44. The molecule has 0 saturated carbocycles. The summed E-state index contributed by atoms with van der Waals surface area (Å²) < 4.78 is 5.54. The molecule has 1 aliphatic carbocycles. The van der Waals surface area contributed by atoms with Gasteiger partial charge in [0, 0.05) is 12.0 Å². The molecule has 0 amide bonds. The molecule has 3 N–H and O–H groups in total. The van der Waals surface area contributed by atoms with Crippen molar-refractivity contribution in [2.24, 2.45) is 11.7 Å². The molecule has 5 nitrogen and oxygen atoms in total. The summed E-state index contributed by atoms with van der Waals surface area (Å²) in [5.74, 6) is -3.61. The Morgan fingerprint density at radius 3 is 2.03 bits per heavy atom. The molecule has 0 bridgehead atoms. The number of hydrogen-bond acceptors (Lipinski definition) is 4. The third kappa shape index (κ3) is 4.23. The molecule has 0 fully saturated rings. The fraction of sp³-hybridized carbons (Fsp3) is 0.231. The van der Waals surface area contributed by atoms with Crippen LogP contribution in [-0.4, -0.2) is 29.7 Å². The van der Waals surface area contributed by atoms with Gasteiger partial charge in [-0.15, -0.1) is 0 Å². The van der Waals surface area contributed by atoms with Crippen molar-refractivity contribution in [3.8, 4) is 11.1 Å². The number of benzene rings is 3. The quantitative estimate of drug-likeness (QED) is 0.451. The molecule has 0 aliphatic heterocycles. The van der Waals surface area contributed by atoms with E-state index in [4.69, 9.17) is 10.5 Å². The average Bonchev–Trinajstić information content (AvgIpc) is 3.07. The Balaban J connectivity index is 1.49. The van der Waals surface area contributed by atoms with E-state index >= 15 is 0 Å². The van der Waals surface area contributed by atoms with Gasteiger partial charge in [0.25, 0.3) is 0 Å². The topological polar surface area (TPSA) is 89.6 Å². The molecule has 0 saturated heterocycles. The first-order valence-corrected chi connectivity index (χ1v) is 10.3. The van der Waals surface area contributed by atoms with Crippen molar-refractivity contribution in [2.45, 2.75) is 25.3 Å². The van der Waals surface area contributed by atoms with Gasteiger partial charge in [-0.1, -0.05) is 78.4 Å². The number of aryl methyl sites for hydroxylation is 1. The normalized spacial score (nSPS) is 14.4. The first-order chi connectivity index (χ1) is 15.0. The molecule has 0 spiro atoms. The van der Waals surface area contributed by atoms with Crippen LogP contribution in [-0.2, 0) is 20.7 Å². The van der Waals surface area contributed by atoms with Gasteiger partial charge in [-0.05, 0) is 41.2 Å². The van der Waals surface area contributed by atoms with Gasteiger partial charge < -0.3 is 15.6 Å². The van der Waals surface area contributed by atoms with E-state index in [1.165, 1.54) is 0 Å². The average molecular weight is 415 g/mol. The van der Waals surface area contributed by atoms with E-state index in [9.17, 15) is 14.7 Å². The second-order valence-corrected chi connectivity index (χ2v) is 8.03. The molecular weight excluding hydrogens is 390 g/mol. The highest BCUT2D eigenvalue weighted by molar-refractivity contribution is 5.95. The molecule has 31 heavy (non-hydrogen) atoms. The predicted molar refractivity (Wildman–Crippen MR) is 119 cm³/mol. The van der Waals surface area contributed by atoms with Crippen molar-refractivity contribution in [1.82, 2.24) is 0 Å². The Kier molecular flexibility index (Phi) is 5.87. The lowest BCUT2D eigenvalue weighted by Crippen LogP contribution is -2.43. The summed E-state index contributed by atoms with van der Waals surface area (Å²) in [6, 6.07) is 22.8. The number of carboxylic acid groups (broad SMARTS) is 1. The van der Waals surface area contributed by atoms with Crippen LogP contribution in [0.5, 0.6) is 0 Å². The molecule has 0 radical (unpaired) electrons. The van der Waals surface area contributed by atoms with Crippen LogP contribution in [0.25, 0.3) is 11.1 Å². The van der Waals surface area contributed by atoms with E-state index in [1.807, 2.05) is 79.7 Å². The van der Waals surface area contributed by atoms with Crippen molar-refractivity contribution in [3.05, 3.63) is 95.1 Å². The third-order valence-corrected chi connectivity index (χ3v) is 5.89. The summed E-state index contributed by atoms with van der Waals surface area (Å²) in [6.07, 6.45) is 0.279. The molecule has 0 unspecified atom stereocenters. The second-order valence-electron chi connectivity index (χ2n) is 8.03. The van der Waals surface area contributed by atoms with Crippen LogP contribution in [0.3, 0.4) is 0 Å². The number of rotatable bonds is 7. The largest absolute Gasteiger partial charge is 0.481 e. The van der Waals surface area contributed by atoms with E-state index in [2.05, 4.69) is 0 Å². The lowest BCUT2D eigenvalue weighted by atomic mass is 9.93. The van der Waals surface area contributed by atoms with Crippen LogP contribution in [0.4, 0.5) is 0 Å². The standard InChI is InChI=1S/C26H25NO4/c1-16-10-12-17(13-11-16)14-23(27)24(25(28)29)26(30)31-15-22-20-8-4-2-6-18(20)19-7-3-5-9-21(19)22/h2-13,22-24H,14-15,27H2,1H3,(H,28,29)/t23-,24+/m1/s1. The minimum Gasteiger partial charge on any atom is -0.481 e. The van der Waals surface area contributed by atoms with E-state index in [1.54, 1.807) is 0 Å². The Hall–Kier alpha value is -3.44. The lowest BCUT2D eigenvalue weighted by molar-refractivity contribution is -0.159. The third-order valence-electron chi connectivity index (χ3n) is 5.89. The molecule has 2 atom stereocenters. The predicted octanol–water partition coefficient (Wildman–Crippen LogP) is 3.92. The van der Waals surface area contributed by atoms with Gasteiger partial charge in [0.1, 0.15) is 6.61 Å². The first-order valence-electron chi connectivity index (χ1n) is 10.3. The molecule has 3 aromatic rings. The highest BCUT2D eigenvalue weighted by atomic mass is 16.5. The van der Waals surface area contributed by atoms with Crippen LogP contribution in [0, 0.1) is 12.8 Å². The smallest absolute Gasteiger partial charge is 0.321 e. The number of carbonyl (C=O) groups excluding carboxylic acids is 1. The summed E-state index contributed by atoms with van der Waals surface area (Å²) >= 11 is 0. The van der Waals surface area contributed by atoms with Gasteiger partial charge in [0.05, 0.1) is 0 Å². The number of ether oxygens (including phenoxy) is 1. The molecule has 4 rings (SSSR count). The summed E-state index contributed by atoms with van der Waals surface area (Å²) in [6.45, 7) is 2.05. The summed E-state index contributed by atoms with van der Waals surface area (Å²) in [4.78, 5) is 24.6. The monoisotopic (exact) mass is 415 g/mol. The maximum absolute atomic E-state index is 12.8. The number of fused-ring (bicyclic) bond motifs is 3. The molecular formula is C26H25NO4. The van der Waals surface area contributed by atoms with E-state index in [0.717, 1.165) is 33.4 Å². The van der Waals surface area contributed by atoms with Crippen molar-refractivity contribution < 1.29 is 19.4 Å². The Bertz CT molecular complexity index is 1060. The number of nitrogens with two attached hydrogens (primary N) is 1. The summed E-state index contributed by atoms with van der Waals surface area (Å²) in [7, 11) is 0. The minimum absolute atomic E-state index is 0.0773. The Morgan fingerprint density at radius 2 is 1.48 bits per heavy atom. The van der Waals surface area contributed by atoms with Crippen molar-refractivity contribution in [3.63, 3.8) is 0 Å². The molecule has 3 aromatic carbocycles. The van der Waals surface area contributed by atoms with Crippen LogP contribution in [0.1, 0.15) is 28.2 Å². The zero-order valence-electron chi connectivity index (χ0n) is 17.3. The number of esters is 1. The van der Waals surface area contributed by atoms with Crippen molar-refractivity contribution in [1.29, 1.82) is 0 Å². The number of aliphatic carboxylic acids is 1.